The van der Waals surface area contributed by atoms with Crippen LogP contribution < -0.4 is 0 Å². The van der Waals surface area contributed by atoms with E-state index in [4.69, 9.17) is 19.7 Å². The van der Waals surface area contributed by atoms with Crippen LogP contribution in [0.3, 0.4) is 0 Å². The fourth-order valence-electron chi connectivity index (χ4n) is 1.12. The van der Waals surface area contributed by atoms with Gasteiger partial charge in [-0.25, -0.2) is 24.0 Å². The zero-order valence-electron chi connectivity index (χ0n) is 23.3. The van der Waals surface area contributed by atoms with Gasteiger partial charge in [0, 0.05) is 29.4 Å². The number of ether oxygens (including phenoxy) is 5. The second-order valence-electron chi connectivity index (χ2n) is 6.97. The highest BCUT2D eigenvalue weighted by Crippen LogP contribution is 2.09. The van der Waals surface area contributed by atoms with Crippen LogP contribution in [-0.2, 0) is 47.7 Å². The molecule has 1 saturated heterocycles. The lowest BCUT2D eigenvalue weighted by atomic mass is 10.4. The molecule has 2 N–H and O–H groups in total. The number of aliphatic hydroxyl groups is 1. The lowest BCUT2D eigenvalue weighted by molar-refractivity contribution is -0.140. The molecule has 1 atom stereocenters. The van der Waals surface area contributed by atoms with Crippen LogP contribution in [-0.4, -0.2) is 86.3 Å². The minimum absolute atomic E-state index is 0.0465. The van der Waals surface area contributed by atoms with E-state index in [2.05, 4.69) is 47.1 Å². The number of carboxylic acids is 1. The van der Waals surface area contributed by atoms with E-state index in [9.17, 15) is 24.0 Å². The summed E-state index contributed by atoms with van der Waals surface area (Å²) in [6.45, 7) is 22.8. The van der Waals surface area contributed by atoms with Crippen LogP contribution in [0.4, 0.5) is 0 Å². The zero-order valence-corrected chi connectivity index (χ0v) is 23.3. The van der Waals surface area contributed by atoms with E-state index in [1.54, 1.807) is 6.92 Å². The molecule has 1 heterocycles. The Morgan fingerprint density at radius 3 is 1.56 bits per heavy atom. The van der Waals surface area contributed by atoms with Crippen LogP contribution >= 0.6 is 0 Å². The molecule has 1 rings (SSSR count). The number of esters is 4. The number of hydrogen-bond donors (Lipinski definition) is 2. The van der Waals surface area contributed by atoms with Gasteiger partial charge in [-0.15, -0.1) is 0 Å². The number of carbonyl (C=O) groups is 5. The Hall–Kier alpha value is -4.03. The summed E-state index contributed by atoms with van der Waals surface area (Å²) in [7, 11) is 1.31. The van der Waals surface area contributed by atoms with Crippen molar-refractivity contribution in [1.82, 2.24) is 0 Å². The number of unbranched alkanes of at least 4 members (excludes halogenated alkanes) is 1. The average molecular weight is 559 g/mol. The van der Waals surface area contributed by atoms with E-state index >= 15 is 0 Å². The summed E-state index contributed by atoms with van der Waals surface area (Å²) in [4.78, 5) is 50.6. The largest absolute Gasteiger partial charge is 0.478 e. The molecule has 1 fully saturated rings. The molecule has 1 aliphatic heterocycles. The first-order valence-electron chi connectivity index (χ1n) is 11.5. The fraction of sp³-hybridized carbons (Fsp3) is 0.444. The number of epoxide rings is 1. The maximum atomic E-state index is 10.7. The maximum absolute atomic E-state index is 10.7. The third-order valence-corrected chi connectivity index (χ3v) is 3.30. The minimum atomic E-state index is -0.935. The number of aliphatic hydroxyl groups excluding tert-OH is 1. The number of aliphatic carboxylic acids is 1. The quantitative estimate of drug-likeness (QED) is 0.118. The molecule has 1 unspecified atom stereocenters. The van der Waals surface area contributed by atoms with Gasteiger partial charge in [0.1, 0.15) is 19.3 Å². The van der Waals surface area contributed by atoms with Crippen molar-refractivity contribution in [3.63, 3.8) is 0 Å². The van der Waals surface area contributed by atoms with E-state index < -0.39 is 17.9 Å². The van der Waals surface area contributed by atoms with E-state index in [1.165, 1.54) is 20.1 Å². The molecule has 0 aromatic rings. The van der Waals surface area contributed by atoms with Crippen LogP contribution in [0, 0.1) is 0 Å². The van der Waals surface area contributed by atoms with E-state index in [0.717, 1.165) is 25.0 Å². The molecule has 0 spiro atoms. The van der Waals surface area contributed by atoms with Crippen LogP contribution in [0.5, 0.6) is 0 Å². The molecule has 0 aromatic heterocycles. The van der Waals surface area contributed by atoms with Crippen molar-refractivity contribution in [3.05, 3.63) is 62.3 Å². The minimum Gasteiger partial charge on any atom is -0.478 e. The highest BCUT2D eigenvalue weighted by Gasteiger charge is 2.24. The molecule has 0 aliphatic carbocycles. The second kappa shape index (κ2) is 30.2. The van der Waals surface area contributed by atoms with Crippen molar-refractivity contribution in [1.29, 1.82) is 0 Å². The summed E-state index contributed by atoms with van der Waals surface area (Å²) < 4.78 is 22.7. The molecule has 0 aromatic carbocycles. The van der Waals surface area contributed by atoms with Gasteiger partial charge in [0.05, 0.1) is 26.9 Å². The van der Waals surface area contributed by atoms with Crippen LogP contribution in [0.25, 0.3) is 0 Å². The van der Waals surface area contributed by atoms with E-state index in [0.29, 0.717) is 25.4 Å². The molecule has 0 radical (unpaired) electrons. The lowest BCUT2D eigenvalue weighted by Crippen LogP contribution is -2.09. The Morgan fingerprint density at radius 2 is 1.31 bits per heavy atom. The molecule has 222 valence electrons. The zero-order chi connectivity index (χ0) is 31.2. The fourth-order valence-corrected chi connectivity index (χ4v) is 1.12. The SMILES string of the molecule is C=C(C)C(=O)O.C=C(C)C(=O)OCC1CO1.C=CC(=O)OC.C=CC(=O)OCCCC.C=CC(=O)OCCO. The first-order valence-corrected chi connectivity index (χ1v) is 11.5. The highest BCUT2D eigenvalue weighted by atomic mass is 16.6. The summed E-state index contributed by atoms with van der Waals surface area (Å²) in [5, 5.41) is 16.0. The summed E-state index contributed by atoms with van der Waals surface area (Å²) >= 11 is 0. The molecular formula is C27H42O12. The first-order chi connectivity index (χ1) is 18.3. The molecule has 12 nitrogen and oxygen atoms in total. The Labute approximate surface area is 230 Å². The predicted octanol–water partition coefficient (Wildman–Crippen LogP) is 2.72. The van der Waals surface area contributed by atoms with Crippen molar-refractivity contribution in [2.75, 3.05) is 40.1 Å². The second-order valence-corrected chi connectivity index (χ2v) is 6.97. The van der Waals surface area contributed by atoms with Gasteiger partial charge in [-0.1, -0.05) is 46.2 Å². The first kappa shape index (κ1) is 42.1. The maximum Gasteiger partial charge on any atom is 0.333 e. The Bertz CT molecular complexity index is 780. The predicted molar refractivity (Wildman–Crippen MR) is 144 cm³/mol. The molecular weight excluding hydrogens is 516 g/mol. The Morgan fingerprint density at radius 1 is 0.872 bits per heavy atom. The summed E-state index contributed by atoms with van der Waals surface area (Å²) in [5.41, 5.74) is 0.607. The van der Waals surface area contributed by atoms with Gasteiger partial charge in [0.25, 0.3) is 0 Å². The standard InChI is InChI=1S/C7H10O3.C7H12O2.C5H8O3.2C4H6O2/c1-5(2)7(8)10-4-6-3-9-6;1-3-5-6-9-7(8)4-2;1-2-5(7)8-4-3-6;1-3-4(5)6-2;1-3(2)4(5)6/h6H,1,3-4H2,2H3;4H,2-3,5-6H2,1H3;2,6H,1,3-4H2;3H,1H2,2H3;1H2,2H3,(H,5,6). The Kier molecular flexibility index (Phi) is 32.6. The van der Waals surface area contributed by atoms with Gasteiger partial charge < -0.3 is 33.9 Å². The van der Waals surface area contributed by atoms with Crippen LogP contribution in [0.1, 0.15) is 33.6 Å². The molecule has 0 saturated carbocycles. The third kappa shape index (κ3) is 41.4. The lowest BCUT2D eigenvalue weighted by Gasteiger charge is -1.99. The average Bonchev–Trinajstić information content (AvgIpc) is 3.75. The normalized spacial score (nSPS) is 11.5. The van der Waals surface area contributed by atoms with Crippen LogP contribution in [0.2, 0.25) is 0 Å². The van der Waals surface area contributed by atoms with Gasteiger partial charge in [0.2, 0.25) is 0 Å². The number of rotatable bonds is 12. The molecule has 0 amide bonds. The molecule has 12 heteroatoms. The van der Waals surface area contributed by atoms with Crippen LogP contribution in [0.15, 0.2) is 62.3 Å². The number of carbonyl (C=O) groups excluding carboxylic acids is 4. The number of carboxylic acid groups (broad SMARTS) is 1. The van der Waals surface area contributed by atoms with Crippen molar-refractivity contribution >= 4 is 29.8 Å². The van der Waals surface area contributed by atoms with Crippen molar-refractivity contribution in [2.24, 2.45) is 0 Å². The van der Waals surface area contributed by atoms with Gasteiger partial charge in [-0.3, -0.25) is 0 Å². The smallest absolute Gasteiger partial charge is 0.333 e. The highest BCUT2D eigenvalue weighted by molar-refractivity contribution is 5.87. The number of methoxy groups -OCH3 is 1. The van der Waals surface area contributed by atoms with Gasteiger partial charge in [-0.2, -0.15) is 0 Å². The molecule has 1 aliphatic rings. The van der Waals surface area contributed by atoms with Crippen molar-refractivity contribution in [3.8, 4) is 0 Å². The topological polar surface area (TPSA) is 175 Å². The van der Waals surface area contributed by atoms with Gasteiger partial charge in [-0.05, 0) is 20.3 Å². The molecule has 39 heavy (non-hydrogen) atoms. The third-order valence-electron chi connectivity index (χ3n) is 3.30. The monoisotopic (exact) mass is 558 g/mol. The van der Waals surface area contributed by atoms with Crippen molar-refractivity contribution < 1.29 is 57.9 Å². The van der Waals surface area contributed by atoms with Crippen molar-refractivity contribution in [2.45, 2.75) is 39.7 Å². The van der Waals surface area contributed by atoms with Gasteiger partial charge in [0.15, 0.2) is 0 Å². The van der Waals surface area contributed by atoms with E-state index in [-0.39, 0.29) is 36.8 Å². The molecule has 0 bridgehead atoms. The van der Waals surface area contributed by atoms with Gasteiger partial charge >= 0.3 is 29.8 Å². The summed E-state index contributed by atoms with van der Waals surface area (Å²) in [5.74, 6) is -2.50. The number of hydrogen-bond acceptors (Lipinski definition) is 11. The summed E-state index contributed by atoms with van der Waals surface area (Å²) in [6, 6.07) is 0. The Balaban J connectivity index is -0.000000200. The summed E-state index contributed by atoms with van der Waals surface area (Å²) in [6.07, 6.45) is 5.46. The van der Waals surface area contributed by atoms with E-state index in [1.807, 2.05) is 6.92 Å².